The van der Waals surface area contributed by atoms with Crippen molar-refractivity contribution in [1.82, 2.24) is 5.06 Å². The summed E-state index contributed by atoms with van der Waals surface area (Å²) >= 11 is 0. The van der Waals surface area contributed by atoms with Gasteiger partial charge in [-0.15, -0.1) is 10.3 Å². The van der Waals surface area contributed by atoms with E-state index in [2.05, 4.69) is 0 Å². The third-order valence-corrected chi connectivity index (χ3v) is 5.06. The van der Waals surface area contributed by atoms with Crippen molar-refractivity contribution in [3.05, 3.63) is 17.7 Å². The predicted molar refractivity (Wildman–Crippen MR) is 97.7 cm³/mol. The van der Waals surface area contributed by atoms with E-state index >= 15 is 0 Å². The van der Waals surface area contributed by atoms with Gasteiger partial charge in [0.15, 0.2) is 0 Å². The van der Waals surface area contributed by atoms with Gasteiger partial charge in [0.2, 0.25) is 0 Å². The summed E-state index contributed by atoms with van der Waals surface area (Å²) < 4.78 is 16.6. The Balaban J connectivity index is 2.59. The first-order chi connectivity index (χ1) is 11.8. The van der Waals surface area contributed by atoms with Gasteiger partial charge in [-0.3, -0.25) is 0 Å². The highest BCUT2D eigenvalue weighted by atomic mass is 16.5. The maximum absolute atomic E-state index is 13.3. The van der Waals surface area contributed by atoms with Crippen molar-refractivity contribution >= 4 is 0 Å². The summed E-state index contributed by atoms with van der Waals surface area (Å²) in [5, 5.41) is 14.6. The van der Waals surface area contributed by atoms with Crippen LogP contribution in [0, 0.1) is 5.92 Å². The molecule has 25 heavy (non-hydrogen) atoms. The molecule has 1 saturated carbocycles. The zero-order valence-electron chi connectivity index (χ0n) is 16.4. The summed E-state index contributed by atoms with van der Waals surface area (Å²) in [5.41, 5.74) is 0.334. The lowest BCUT2D eigenvalue weighted by Gasteiger charge is -2.41. The second-order valence-corrected chi connectivity index (χ2v) is 7.79. The average molecular weight is 350 g/mol. The molecular formula is C20H32NO4. The molecule has 0 bridgehead atoms. The highest BCUT2D eigenvalue weighted by Crippen LogP contribution is 2.48. The zero-order chi connectivity index (χ0) is 18.6. The van der Waals surface area contributed by atoms with Gasteiger partial charge in [0, 0.05) is 17.7 Å². The summed E-state index contributed by atoms with van der Waals surface area (Å²) in [4.78, 5) is 0. The lowest BCUT2D eigenvalue weighted by Crippen LogP contribution is -2.43. The molecule has 0 unspecified atom stereocenters. The molecule has 1 aliphatic carbocycles. The van der Waals surface area contributed by atoms with E-state index in [0.717, 1.165) is 18.4 Å². The highest BCUT2D eigenvalue weighted by Gasteiger charge is 2.40. The van der Waals surface area contributed by atoms with Crippen LogP contribution in [0.25, 0.3) is 0 Å². The van der Waals surface area contributed by atoms with Crippen LogP contribution in [0.15, 0.2) is 12.1 Å². The van der Waals surface area contributed by atoms with Crippen molar-refractivity contribution in [2.45, 2.75) is 64.5 Å². The quantitative estimate of drug-likeness (QED) is 0.693. The van der Waals surface area contributed by atoms with E-state index in [-0.39, 0.29) is 6.04 Å². The minimum Gasteiger partial charge on any atom is -0.496 e. The van der Waals surface area contributed by atoms with E-state index in [1.54, 1.807) is 21.3 Å². The number of hydroxylamine groups is 2. The van der Waals surface area contributed by atoms with E-state index in [0.29, 0.717) is 23.2 Å². The molecule has 0 aliphatic heterocycles. The van der Waals surface area contributed by atoms with E-state index in [9.17, 15) is 5.21 Å². The maximum atomic E-state index is 13.3. The van der Waals surface area contributed by atoms with Gasteiger partial charge < -0.3 is 14.2 Å². The Morgan fingerprint density at radius 3 is 1.88 bits per heavy atom. The van der Waals surface area contributed by atoms with Gasteiger partial charge in [0.1, 0.15) is 17.2 Å². The maximum Gasteiger partial charge on any atom is 0.131 e. The molecule has 0 aromatic heterocycles. The first-order valence-electron chi connectivity index (χ1n) is 9.09. The molecule has 141 valence electrons. The molecular weight excluding hydrogens is 318 g/mol. The molecule has 2 rings (SSSR count). The summed E-state index contributed by atoms with van der Waals surface area (Å²) in [6, 6.07) is 3.38. The number of nitrogens with zero attached hydrogens (tertiary/aromatic N) is 1. The first kappa shape index (κ1) is 19.9. The number of hydrogen-bond donors (Lipinski definition) is 0. The van der Waals surface area contributed by atoms with E-state index < -0.39 is 5.54 Å². The molecule has 5 heteroatoms. The topological polar surface area (TPSA) is 50.8 Å². The van der Waals surface area contributed by atoms with Crippen LogP contribution >= 0.6 is 0 Å². The Kier molecular flexibility index (Phi) is 6.58. The molecule has 1 aromatic carbocycles. The SMILES string of the molecule is COc1cc(OC)c([C@@H](C2CCCCC2)N([O])C(C)(C)C)c(OC)c1. The minimum atomic E-state index is -0.502. The second kappa shape index (κ2) is 8.28. The minimum absolute atomic E-state index is 0.293. The first-order valence-corrected chi connectivity index (χ1v) is 9.09. The van der Waals surface area contributed by atoms with Gasteiger partial charge in [0.05, 0.1) is 32.9 Å². The molecule has 1 radical (unpaired) electrons. The fourth-order valence-electron chi connectivity index (χ4n) is 3.74. The average Bonchev–Trinajstić information content (AvgIpc) is 2.61. The molecule has 0 N–H and O–H groups in total. The van der Waals surface area contributed by atoms with Crippen molar-refractivity contribution in [1.29, 1.82) is 0 Å². The standard InChI is InChI=1S/C20H32NO4/c1-20(2,3)21(22)19(14-10-8-7-9-11-14)18-16(24-5)12-15(23-4)13-17(18)25-6/h12-14,19H,7-11H2,1-6H3/t19-/m1/s1. The number of methoxy groups -OCH3 is 3. The van der Waals surface area contributed by atoms with Crippen LogP contribution in [0.1, 0.15) is 64.5 Å². The number of rotatable bonds is 6. The van der Waals surface area contributed by atoms with Crippen LogP contribution in [-0.2, 0) is 5.21 Å². The van der Waals surface area contributed by atoms with Gasteiger partial charge in [-0.05, 0) is 39.5 Å². The Morgan fingerprint density at radius 1 is 0.960 bits per heavy atom. The Bertz CT molecular complexity index is 536. The third kappa shape index (κ3) is 4.39. The molecule has 0 heterocycles. The van der Waals surface area contributed by atoms with Crippen molar-refractivity contribution in [3.8, 4) is 17.2 Å². The smallest absolute Gasteiger partial charge is 0.131 e. The Morgan fingerprint density at radius 2 is 1.48 bits per heavy atom. The van der Waals surface area contributed by atoms with E-state index in [1.165, 1.54) is 24.3 Å². The van der Waals surface area contributed by atoms with Crippen LogP contribution in [0.5, 0.6) is 17.2 Å². The summed E-state index contributed by atoms with van der Waals surface area (Å²) in [5.74, 6) is 2.25. The molecule has 1 atom stereocenters. The van der Waals surface area contributed by atoms with Crippen LogP contribution in [-0.4, -0.2) is 31.9 Å². The van der Waals surface area contributed by atoms with Crippen LogP contribution in [0.2, 0.25) is 0 Å². The molecule has 1 aliphatic rings. The van der Waals surface area contributed by atoms with Gasteiger partial charge in [-0.2, -0.15) is 0 Å². The summed E-state index contributed by atoms with van der Waals surface area (Å²) in [6.45, 7) is 5.87. The lowest BCUT2D eigenvalue weighted by molar-refractivity contribution is -0.254. The largest absolute Gasteiger partial charge is 0.496 e. The monoisotopic (exact) mass is 350 g/mol. The highest BCUT2D eigenvalue weighted by molar-refractivity contribution is 5.52. The molecule has 1 fully saturated rings. The molecule has 1 aromatic rings. The number of ether oxygens (including phenoxy) is 3. The van der Waals surface area contributed by atoms with Crippen molar-refractivity contribution < 1.29 is 19.4 Å². The fraction of sp³-hybridized carbons (Fsp3) is 0.700. The Hall–Kier alpha value is -1.46. The zero-order valence-corrected chi connectivity index (χ0v) is 16.4. The summed E-state index contributed by atoms with van der Waals surface area (Å²) in [7, 11) is 4.87. The van der Waals surface area contributed by atoms with Gasteiger partial charge >= 0.3 is 0 Å². The van der Waals surface area contributed by atoms with E-state index in [4.69, 9.17) is 14.2 Å². The van der Waals surface area contributed by atoms with Crippen LogP contribution < -0.4 is 14.2 Å². The lowest BCUT2D eigenvalue weighted by atomic mass is 9.79. The third-order valence-electron chi connectivity index (χ3n) is 5.06. The van der Waals surface area contributed by atoms with Gasteiger partial charge in [0.25, 0.3) is 0 Å². The van der Waals surface area contributed by atoms with Crippen molar-refractivity contribution in [2.24, 2.45) is 5.92 Å². The van der Waals surface area contributed by atoms with E-state index in [1.807, 2.05) is 32.9 Å². The fourth-order valence-corrected chi connectivity index (χ4v) is 3.74. The number of hydrogen-bond acceptors (Lipinski definition) is 4. The van der Waals surface area contributed by atoms with Crippen molar-refractivity contribution in [2.75, 3.05) is 21.3 Å². The van der Waals surface area contributed by atoms with Crippen LogP contribution in [0.3, 0.4) is 0 Å². The second-order valence-electron chi connectivity index (χ2n) is 7.79. The molecule has 5 nitrogen and oxygen atoms in total. The van der Waals surface area contributed by atoms with Crippen molar-refractivity contribution in [3.63, 3.8) is 0 Å². The van der Waals surface area contributed by atoms with Gasteiger partial charge in [-0.1, -0.05) is 19.3 Å². The predicted octanol–water partition coefficient (Wildman–Crippen LogP) is 4.78. The van der Waals surface area contributed by atoms with Crippen LogP contribution in [0.4, 0.5) is 0 Å². The molecule has 0 saturated heterocycles. The Labute approximate surface area is 151 Å². The van der Waals surface area contributed by atoms with Gasteiger partial charge in [-0.25, -0.2) is 0 Å². The summed E-state index contributed by atoms with van der Waals surface area (Å²) in [6.07, 6.45) is 5.68. The number of benzene rings is 1. The molecule has 0 amide bonds. The molecule has 0 spiro atoms. The normalized spacial score (nSPS) is 17.4.